The Bertz CT molecular complexity index is 1400. The quantitative estimate of drug-likeness (QED) is 0.412. The molecule has 0 bridgehead atoms. The van der Waals surface area contributed by atoms with Crippen LogP contribution in [0.3, 0.4) is 0 Å². The number of para-hydroxylation sites is 2. The highest BCUT2D eigenvalue weighted by Crippen LogP contribution is 2.28. The summed E-state index contributed by atoms with van der Waals surface area (Å²) in [6.07, 6.45) is 1.93. The number of benzene rings is 3. The van der Waals surface area contributed by atoms with E-state index in [1.165, 1.54) is 12.1 Å². The average molecular weight is 447 g/mol. The molecule has 0 spiro atoms. The number of hydrogen-bond donors (Lipinski definition) is 3. The number of carbonyl (C=O) groups excluding carboxylic acids is 1. The first-order valence-corrected chi connectivity index (χ1v) is 11.5. The van der Waals surface area contributed by atoms with Gasteiger partial charge in [0.1, 0.15) is 4.90 Å². The number of anilines is 3. The van der Waals surface area contributed by atoms with Gasteiger partial charge in [-0.25, -0.2) is 13.6 Å². The second kappa shape index (κ2) is 8.78. The fourth-order valence-corrected chi connectivity index (χ4v) is 4.15. The van der Waals surface area contributed by atoms with E-state index in [0.29, 0.717) is 0 Å². The van der Waals surface area contributed by atoms with E-state index in [1.54, 1.807) is 12.1 Å². The summed E-state index contributed by atoms with van der Waals surface area (Å²) in [5.74, 6) is -0.335. The van der Waals surface area contributed by atoms with Gasteiger partial charge in [0.05, 0.1) is 23.3 Å². The second-order valence-electron chi connectivity index (χ2n) is 7.42. The molecule has 3 aromatic carbocycles. The van der Waals surface area contributed by atoms with Crippen LogP contribution in [0, 0.1) is 6.92 Å². The summed E-state index contributed by atoms with van der Waals surface area (Å²) in [4.78, 5) is 16.8. The molecule has 4 N–H and O–H groups in total. The maximum absolute atomic E-state index is 12.5. The maximum atomic E-state index is 12.5. The predicted octanol–water partition coefficient (Wildman–Crippen LogP) is 4.12. The van der Waals surface area contributed by atoms with E-state index in [9.17, 15) is 13.2 Å². The highest BCUT2D eigenvalue weighted by molar-refractivity contribution is 7.89. The van der Waals surface area contributed by atoms with Gasteiger partial charge in [0, 0.05) is 17.3 Å². The van der Waals surface area contributed by atoms with Gasteiger partial charge in [0.15, 0.2) is 0 Å². The molecule has 1 aromatic heterocycles. The summed E-state index contributed by atoms with van der Waals surface area (Å²) in [6, 6.07) is 21.5. The molecule has 32 heavy (non-hydrogen) atoms. The van der Waals surface area contributed by atoms with E-state index in [4.69, 9.17) is 5.14 Å². The van der Waals surface area contributed by atoms with Gasteiger partial charge in [-0.05, 0) is 48.4 Å². The third kappa shape index (κ3) is 4.77. The van der Waals surface area contributed by atoms with Crippen molar-refractivity contribution in [2.45, 2.75) is 18.2 Å². The van der Waals surface area contributed by atoms with Crippen LogP contribution in [0.2, 0.25) is 0 Å². The Kier molecular flexibility index (Phi) is 5.89. The lowest BCUT2D eigenvalue weighted by molar-refractivity contribution is -0.115. The molecule has 0 saturated heterocycles. The zero-order valence-corrected chi connectivity index (χ0v) is 18.2. The monoisotopic (exact) mass is 446 g/mol. The lowest BCUT2D eigenvalue weighted by Crippen LogP contribution is -2.19. The average Bonchev–Trinajstić information content (AvgIpc) is 2.76. The second-order valence-corrected chi connectivity index (χ2v) is 8.95. The molecule has 4 rings (SSSR count). The van der Waals surface area contributed by atoms with Gasteiger partial charge in [0.25, 0.3) is 0 Å². The third-order valence-electron chi connectivity index (χ3n) is 5.02. The number of aryl methyl sites for hydroxylation is 1. The largest absolute Gasteiger partial charge is 0.355 e. The Labute approximate surface area is 186 Å². The highest BCUT2D eigenvalue weighted by atomic mass is 32.2. The van der Waals surface area contributed by atoms with Crippen molar-refractivity contribution in [3.05, 3.63) is 90.1 Å². The topological polar surface area (TPSA) is 114 Å². The van der Waals surface area contributed by atoms with E-state index in [2.05, 4.69) is 15.6 Å². The fourth-order valence-electron chi connectivity index (χ4n) is 3.45. The zero-order chi connectivity index (χ0) is 22.7. The number of pyridine rings is 1. The highest BCUT2D eigenvalue weighted by Gasteiger charge is 2.15. The van der Waals surface area contributed by atoms with Crippen LogP contribution in [0.4, 0.5) is 17.1 Å². The molecule has 1 amide bonds. The molecule has 0 unspecified atom stereocenters. The minimum absolute atomic E-state index is 0.0937. The number of amides is 1. The number of nitrogens with one attached hydrogen (secondary N) is 2. The maximum Gasteiger partial charge on any atom is 0.240 e. The SMILES string of the molecule is Cc1cnc2ccccc2c1Nc1ccc(CC(=O)Nc2ccccc2S(N)(=O)=O)cc1. The summed E-state index contributed by atoms with van der Waals surface area (Å²) in [5.41, 5.74) is 4.76. The number of nitrogens with two attached hydrogens (primary N) is 1. The van der Waals surface area contributed by atoms with Crippen LogP contribution in [-0.2, 0) is 21.2 Å². The fraction of sp³-hybridized carbons (Fsp3) is 0.0833. The predicted molar refractivity (Wildman–Crippen MR) is 126 cm³/mol. The van der Waals surface area contributed by atoms with Crippen molar-refractivity contribution < 1.29 is 13.2 Å². The Morgan fingerprint density at radius 3 is 2.41 bits per heavy atom. The number of aromatic nitrogens is 1. The van der Waals surface area contributed by atoms with E-state index in [-0.39, 0.29) is 22.9 Å². The van der Waals surface area contributed by atoms with Crippen molar-refractivity contribution in [3.63, 3.8) is 0 Å². The molecule has 162 valence electrons. The first kappa shape index (κ1) is 21.5. The summed E-state index contributed by atoms with van der Waals surface area (Å²) in [7, 11) is -3.93. The van der Waals surface area contributed by atoms with Crippen LogP contribution < -0.4 is 15.8 Å². The van der Waals surface area contributed by atoms with Gasteiger partial charge in [-0.2, -0.15) is 0 Å². The summed E-state index contributed by atoms with van der Waals surface area (Å²) >= 11 is 0. The molecule has 0 aliphatic rings. The van der Waals surface area contributed by atoms with Gasteiger partial charge in [-0.3, -0.25) is 9.78 Å². The minimum Gasteiger partial charge on any atom is -0.355 e. The molecule has 0 aliphatic carbocycles. The van der Waals surface area contributed by atoms with E-state index >= 15 is 0 Å². The van der Waals surface area contributed by atoms with Crippen LogP contribution in [0.1, 0.15) is 11.1 Å². The Balaban J connectivity index is 1.48. The molecule has 8 heteroatoms. The van der Waals surface area contributed by atoms with Gasteiger partial charge in [0.2, 0.25) is 15.9 Å². The lowest BCUT2D eigenvalue weighted by Gasteiger charge is -2.13. The van der Waals surface area contributed by atoms with E-state index in [1.807, 2.05) is 61.7 Å². The van der Waals surface area contributed by atoms with Gasteiger partial charge in [-0.1, -0.05) is 42.5 Å². The molecule has 4 aromatic rings. The molecule has 0 aliphatic heterocycles. The number of hydrogen-bond acceptors (Lipinski definition) is 5. The molecule has 0 saturated carbocycles. The number of carbonyl (C=O) groups is 1. The number of primary sulfonamides is 1. The molecule has 0 radical (unpaired) electrons. The molecule has 7 nitrogen and oxygen atoms in total. The summed E-state index contributed by atoms with van der Waals surface area (Å²) in [5, 5.41) is 12.3. The summed E-state index contributed by atoms with van der Waals surface area (Å²) in [6.45, 7) is 2.00. The molecule has 1 heterocycles. The zero-order valence-electron chi connectivity index (χ0n) is 17.4. The van der Waals surface area contributed by atoms with Crippen LogP contribution in [0.5, 0.6) is 0 Å². The standard InChI is InChI=1S/C24H22N4O3S/c1-16-15-26-20-7-3-2-6-19(20)24(16)27-18-12-10-17(11-13-18)14-23(29)28-21-8-4-5-9-22(21)32(25,30)31/h2-13,15H,14H2,1H3,(H,26,27)(H,28,29)(H2,25,30,31). The first-order valence-electron chi connectivity index (χ1n) is 9.93. The van der Waals surface area contributed by atoms with Crippen molar-refractivity contribution in [3.8, 4) is 0 Å². The third-order valence-corrected chi connectivity index (χ3v) is 5.99. The number of nitrogens with zero attached hydrogens (tertiary/aromatic N) is 1. The van der Waals surface area contributed by atoms with Crippen molar-refractivity contribution in [1.82, 2.24) is 4.98 Å². The van der Waals surface area contributed by atoms with Crippen LogP contribution >= 0.6 is 0 Å². The van der Waals surface area contributed by atoms with Crippen LogP contribution in [0.15, 0.2) is 83.9 Å². The van der Waals surface area contributed by atoms with E-state index in [0.717, 1.165) is 33.4 Å². The Hall–Kier alpha value is -3.75. The lowest BCUT2D eigenvalue weighted by atomic mass is 10.1. The first-order chi connectivity index (χ1) is 15.3. The van der Waals surface area contributed by atoms with Crippen molar-refractivity contribution in [2.24, 2.45) is 5.14 Å². The molecule has 0 fully saturated rings. The minimum atomic E-state index is -3.93. The van der Waals surface area contributed by atoms with E-state index < -0.39 is 10.0 Å². The van der Waals surface area contributed by atoms with Gasteiger partial charge < -0.3 is 10.6 Å². The Morgan fingerprint density at radius 2 is 1.66 bits per heavy atom. The van der Waals surface area contributed by atoms with Gasteiger partial charge in [-0.15, -0.1) is 0 Å². The van der Waals surface area contributed by atoms with Crippen molar-refractivity contribution in [1.29, 1.82) is 0 Å². The normalized spacial score (nSPS) is 11.3. The van der Waals surface area contributed by atoms with Crippen LogP contribution in [0.25, 0.3) is 10.9 Å². The Morgan fingerprint density at radius 1 is 0.969 bits per heavy atom. The van der Waals surface area contributed by atoms with Crippen molar-refractivity contribution >= 4 is 43.9 Å². The molecule has 0 atom stereocenters. The number of sulfonamides is 1. The number of fused-ring (bicyclic) bond motifs is 1. The smallest absolute Gasteiger partial charge is 0.240 e. The molecular weight excluding hydrogens is 424 g/mol. The van der Waals surface area contributed by atoms with Gasteiger partial charge >= 0.3 is 0 Å². The number of rotatable bonds is 6. The molecular formula is C24H22N4O3S. The van der Waals surface area contributed by atoms with Crippen molar-refractivity contribution in [2.75, 3.05) is 10.6 Å². The summed E-state index contributed by atoms with van der Waals surface area (Å²) < 4.78 is 23.4. The van der Waals surface area contributed by atoms with Crippen LogP contribution in [-0.4, -0.2) is 19.3 Å².